The average molecular weight is 264 g/mol. The first-order chi connectivity index (χ1) is 8.82. The van der Waals surface area contributed by atoms with Crippen LogP contribution in [0.4, 0.5) is 11.6 Å². The van der Waals surface area contributed by atoms with E-state index in [2.05, 4.69) is 56.4 Å². The molecule has 0 aliphatic carbocycles. The zero-order valence-electron chi connectivity index (χ0n) is 13.1. The lowest BCUT2D eigenvalue weighted by molar-refractivity contribution is 0.546. The SMILES string of the molecule is CC(C)CN(CC(C)C)c1ncnc(N)c1C(C)C. The summed E-state index contributed by atoms with van der Waals surface area (Å²) in [5.41, 5.74) is 7.12. The van der Waals surface area contributed by atoms with Crippen molar-refractivity contribution in [3.63, 3.8) is 0 Å². The van der Waals surface area contributed by atoms with Crippen LogP contribution in [-0.4, -0.2) is 23.1 Å². The molecule has 0 saturated heterocycles. The maximum Gasteiger partial charge on any atom is 0.137 e. The summed E-state index contributed by atoms with van der Waals surface area (Å²) in [6, 6.07) is 0. The average Bonchev–Trinajstić information content (AvgIpc) is 2.25. The zero-order chi connectivity index (χ0) is 14.6. The fourth-order valence-electron chi connectivity index (χ4n) is 2.33. The standard InChI is InChI=1S/C15H28N4/c1-10(2)7-19(8-11(3)4)15-13(12(5)6)14(16)17-9-18-15/h9-12H,7-8H2,1-6H3,(H2,16,17,18). The predicted octanol–water partition coefficient (Wildman–Crippen LogP) is 3.30. The lowest BCUT2D eigenvalue weighted by Crippen LogP contribution is -2.33. The predicted molar refractivity (Wildman–Crippen MR) is 82.4 cm³/mol. The van der Waals surface area contributed by atoms with E-state index in [-0.39, 0.29) is 0 Å². The van der Waals surface area contributed by atoms with Crippen molar-refractivity contribution < 1.29 is 0 Å². The van der Waals surface area contributed by atoms with Crippen molar-refractivity contribution >= 4 is 11.6 Å². The van der Waals surface area contributed by atoms with Crippen LogP contribution in [0.15, 0.2) is 6.33 Å². The van der Waals surface area contributed by atoms with Crippen molar-refractivity contribution in [2.75, 3.05) is 23.7 Å². The molecule has 1 rings (SSSR count). The van der Waals surface area contributed by atoms with E-state index in [1.807, 2.05) is 0 Å². The molecule has 4 nitrogen and oxygen atoms in total. The Bertz CT molecular complexity index is 389. The number of hydrogen-bond donors (Lipinski definition) is 1. The van der Waals surface area contributed by atoms with E-state index in [0.717, 1.165) is 24.5 Å². The zero-order valence-corrected chi connectivity index (χ0v) is 13.1. The molecule has 0 saturated carbocycles. The Kier molecular flexibility index (Phi) is 5.58. The van der Waals surface area contributed by atoms with Crippen LogP contribution < -0.4 is 10.6 Å². The van der Waals surface area contributed by atoms with Crippen LogP contribution >= 0.6 is 0 Å². The number of anilines is 2. The highest BCUT2D eigenvalue weighted by Gasteiger charge is 2.19. The number of nitrogens with two attached hydrogens (primary N) is 1. The monoisotopic (exact) mass is 264 g/mol. The van der Waals surface area contributed by atoms with Gasteiger partial charge in [-0.15, -0.1) is 0 Å². The summed E-state index contributed by atoms with van der Waals surface area (Å²) in [5.74, 6) is 3.13. The Morgan fingerprint density at radius 2 is 1.53 bits per heavy atom. The van der Waals surface area contributed by atoms with Gasteiger partial charge < -0.3 is 10.6 Å². The van der Waals surface area contributed by atoms with Crippen molar-refractivity contribution in [1.29, 1.82) is 0 Å². The molecule has 19 heavy (non-hydrogen) atoms. The Hall–Kier alpha value is -1.32. The molecule has 0 unspecified atom stereocenters. The normalized spacial score (nSPS) is 11.6. The number of rotatable bonds is 6. The summed E-state index contributed by atoms with van der Waals surface area (Å²) in [5, 5.41) is 0. The van der Waals surface area contributed by atoms with Gasteiger partial charge in [0.2, 0.25) is 0 Å². The van der Waals surface area contributed by atoms with Crippen molar-refractivity contribution in [2.45, 2.75) is 47.5 Å². The molecular weight excluding hydrogens is 236 g/mol. The maximum absolute atomic E-state index is 6.04. The molecule has 0 aliphatic rings. The van der Waals surface area contributed by atoms with Gasteiger partial charge in [0.25, 0.3) is 0 Å². The largest absolute Gasteiger partial charge is 0.383 e. The fourth-order valence-corrected chi connectivity index (χ4v) is 2.33. The van der Waals surface area contributed by atoms with E-state index < -0.39 is 0 Å². The highest BCUT2D eigenvalue weighted by atomic mass is 15.2. The van der Waals surface area contributed by atoms with Gasteiger partial charge in [0.15, 0.2) is 0 Å². The number of hydrogen-bond acceptors (Lipinski definition) is 4. The molecule has 1 heterocycles. The minimum absolute atomic E-state index is 0.332. The highest BCUT2D eigenvalue weighted by molar-refractivity contribution is 5.58. The van der Waals surface area contributed by atoms with Crippen LogP contribution in [0.5, 0.6) is 0 Å². The first-order valence-electron chi connectivity index (χ1n) is 7.18. The molecule has 2 N–H and O–H groups in total. The molecule has 4 heteroatoms. The van der Waals surface area contributed by atoms with E-state index in [1.54, 1.807) is 6.33 Å². The Labute approximate surface area is 117 Å². The summed E-state index contributed by atoms with van der Waals surface area (Å²) < 4.78 is 0. The van der Waals surface area contributed by atoms with Crippen molar-refractivity contribution in [2.24, 2.45) is 11.8 Å². The van der Waals surface area contributed by atoms with Crippen molar-refractivity contribution in [1.82, 2.24) is 9.97 Å². The second-order valence-electron chi connectivity index (χ2n) is 6.34. The topological polar surface area (TPSA) is 55.0 Å². The van der Waals surface area contributed by atoms with Gasteiger partial charge in [0.05, 0.1) is 0 Å². The molecule has 0 aliphatic heterocycles. The first-order valence-corrected chi connectivity index (χ1v) is 7.18. The van der Waals surface area contributed by atoms with Crippen LogP contribution in [0.3, 0.4) is 0 Å². The molecular formula is C15H28N4. The van der Waals surface area contributed by atoms with Gasteiger partial charge in [-0.2, -0.15) is 0 Å². The molecule has 0 atom stereocenters. The van der Waals surface area contributed by atoms with Crippen LogP contribution in [-0.2, 0) is 0 Å². The van der Waals surface area contributed by atoms with Gasteiger partial charge in [0.1, 0.15) is 18.0 Å². The van der Waals surface area contributed by atoms with Crippen LogP contribution in [0.25, 0.3) is 0 Å². The van der Waals surface area contributed by atoms with E-state index in [1.165, 1.54) is 0 Å². The Morgan fingerprint density at radius 3 is 1.95 bits per heavy atom. The first kappa shape index (κ1) is 15.7. The molecule has 0 amide bonds. The second kappa shape index (κ2) is 6.73. The van der Waals surface area contributed by atoms with E-state index in [4.69, 9.17) is 5.73 Å². The quantitative estimate of drug-likeness (QED) is 0.856. The molecule has 1 aromatic rings. The Morgan fingerprint density at radius 1 is 1.00 bits per heavy atom. The summed E-state index contributed by atoms with van der Waals surface area (Å²) in [6.07, 6.45) is 1.57. The molecule has 0 spiro atoms. The molecule has 1 aromatic heterocycles. The molecule has 0 aromatic carbocycles. The molecule has 0 radical (unpaired) electrons. The van der Waals surface area contributed by atoms with Gasteiger partial charge in [-0.05, 0) is 17.8 Å². The van der Waals surface area contributed by atoms with Gasteiger partial charge in [-0.3, -0.25) is 0 Å². The van der Waals surface area contributed by atoms with E-state index >= 15 is 0 Å². The molecule has 0 fully saturated rings. The lowest BCUT2D eigenvalue weighted by Gasteiger charge is -2.30. The second-order valence-corrected chi connectivity index (χ2v) is 6.34. The van der Waals surface area contributed by atoms with E-state index in [0.29, 0.717) is 23.6 Å². The molecule has 0 bridgehead atoms. The van der Waals surface area contributed by atoms with E-state index in [9.17, 15) is 0 Å². The van der Waals surface area contributed by atoms with Gasteiger partial charge in [-0.1, -0.05) is 41.5 Å². The molecule has 108 valence electrons. The Balaban J connectivity index is 3.17. The van der Waals surface area contributed by atoms with Gasteiger partial charge >= 0.3 is 0 Å². The lowest BCUT2D eigenvalue weighted by atomic mass is 10.0. The van der Waals surface area contributed by atoms with Crippen LogP contribution in [0, 0.1) is 11.8 Å². The minimum Gasteiger partial charge on any atom is -0.383 e. The maximum atomic E-state index is 6.04. The fraction of sp³-hybridized carbons (Fsp3) is 0.733. The van der Waals surface area contributed by atoms with Gasteiger partial charge in [-0.25, -0.2) is 9.97 Å². The number of aromatic nitrogens is 2. The summed E-state index contributed by atoms with van der Waals surface area (Å²) in [6.45, 7) is 15.2. The number of nitrogens with zero attached hydrogens (tertiary/aromatic N) is 3. The van der Waals surface area contributed by atoms with Crippen molar-refractivity contribution in [3.05, 3.63) is 11.9 Å². The summed E-state index contributed by atoms with van der Waals surface area (Å²) in [4.78, 5) is 11.0. The summed E-state index contributed by atoms with van der Waals surface area (Å²) in [7, 11) is 0. The number of nitrogen functional groups attached to an aromatic ring is 1. The van der Waals surface area contributed by atoms with Crippen LogP contribution in [0.1, 0.15) is 53.0 Å². The smallest absolute Gasteiger partial charge is 0.137 e. The highest BCUT2D eigenvalue weighted by Crippen LogP contribution is 2.30. The van der Waals surface area contributed by atoms with Gasteiger partial charge in [0, 0.05) is 18.7 Å². The van der Waals surface area contributed by atoms with Crippen LogP contribution in [0.2, 0.25) is 0 Å². The van der Waals surface area contributed by atoms with Crippen molar-refractivity contribution in [3.8, 4) is 0 Å². The third-order valence-corrected chi connectivity index (χ3v) is 2.94. The third kappa shape index (κ3) is 4.37. The third-order valence-electron chi connectivity index (χ3n) is 2.94. The summed E-state index contributed by atoms with van der Waals surface area (Å²) >= 11 is 0. The minimum atomic E-state index is 0.332.